The molecule has 6 heteroatoms. The monoisotopic (exact) mass is 326 g/mol. The number of aliphatic carboxylic acids is 1. The van der Waals surface area contributed by atoms with Gasteiger partial charge in [0.1, 0.15) is 5.01 Å². The third-order valence-electron chi connectivity index (χ3n) is 3.40. The number of rotatable bonds is 4. The largest absolute Gasteiger partial charge is 0.481 e. The summed E-state index contributed by atoms with van der Waals surface area (Å²) < 4.78 is 0.873. The molecule has 0 atom stereocenters. The highest BCUT2D eigenvalue weighted by Crippen LogP contribution is 2.25. The molecule has 0 aliphatic carbocycles. The van der Waals surface area contributed by atoms with Gasteiger partial charge in [-0.15, -0.1) is 11.3 Å². The highest BCUT2D eigenvalue weighted by atomic mass is 32.1. The van der Waals surface area contributed by atoms with Gasteiger partial charge in [-0.05, 0) is 36.8 Å². The maximum absolute atomic E-state index is 12.2. The molecule has 2 aromatic heterocycles. The Morgan fingerprint density at radius 1 is 1.22 bits per heavy atom. The first-order chi connectivity index (χ1) is 11.0. The number of hydrogen-bond donors (Lipinski definition) is 1. The van der Waals surface area contributed by atoms with Crippen molar-refractivity contribution < 1.29 is 9.90 Å². The topological polar surface area (TPSA) is 80.2 Å². The first kappa shape index (κ1) is 15.3. The standard InChI is InChI=1S/C17H14N2O3S/c1-10-5-7-12-14(9-10)23-17(19-16(12)22)13-4-2-3-11(18-13)6-8-15(20)21/h2-5,7,9H,6,8H2,1H3,(H,20,21). The predicted molar refractivity (Wildman–Crippen MR) is 89.8 cm³/mol. The molecule has 0 saturated heterocycles. The third kappa shape index (κ3) is 3.43. The van der Waals surface area contributed by atoms with Crippen molar-refractivity contribution in [1.29, 1.82) is 0 Å². The number of carboxylic acid groups (broad SMARTS) is 1. The average molecular weight is 326 g/mol. The first-order valence-corrected chi connectivity index (χ1v) is 7.94. The highest BCUT2D eigenvalue weighted by Gasteiger charge is 2.09. The molecule has 0 aliphatic heterocycles. The van der Waals surface area contributed by atoms with Crippen molar-refractivity contribution in [3.05, 3.63) is 58.0 Å². The fourth-order valence-corrected chi connectivity index (χ4v) is 3.32. The molecule has 3 rings (SSSR count). The van der Waals surface area contributed by atoms with E-state index in [1.165, 1.54) is 11.3 Å². The number of nitrogens with zero attached hydrogens (tertiary/aromatic N) is 2. The van der Waals surface area contributed by atoms with Gasteiger partial charge in [0.15, 0.2) is 0 Å². The average Bonchev–Trinajstić information content (AvgIpc) is 2.52. The summed E-state index contributed by atoms with van der Waals surface area (Å²) in [7, 11) is 0. The van der Waals surface area contributed by atoms with Crippen LogP contribution in [0.5, 0.6) is 0 Å². The lowest BCUT2D eigenvalue weighted by Crippen LogP contribution is -2.07. The molecule has 0 aliphatic rings. The minimum absolute atomic E-state index is 0.0248. The maximum atomic E-state index is 12.2. The summed E-state index contributed by atoms with van der Waals surface area (Å²) in [6.45, 7) is 1.97. The van der Waals surface area contributed by atoms with Crippen LogP contribution in [0.3, 0.4) is 0 Å². The molecule has 0 spiro atoms. The van der Waals surface area contributed by atoms with Gasteiger partial charge in [-0.25, -0.2) is 0 Å². The van der Waals surface area contributed by atoms with Gasteiger partial charge in [-0.1, -0.05) is 12.1 Å². The Morgan fingerprint density at radius 2 is 2.04 bits per heavy atom. The van der Waals surface area contributed by atoms with E-state index in [9.17, 15) is 9.59 Å². The van der Waals surface area contributed by atoms with Crippen LogP contribution in [-0.2, 0) is 11.2 Å². The quantitative estimate of drug-likeness (QED) is 0.797. The second-order valence-electron chi connectivity index (χ2n) is 5.23. The summed E-state index contributed by atoms with van der Waals surface area (Å²) in [5.41, 5.74) is 2.08. The molecular formula is C17H14N2O3S. The molecule has 0 amide bonds. The Labute approximate surface area is 136 Å². The summed E-state index contributed by atoms with van der Waals surface area (Å²) >= 11 is 1.41. The van der Waals surface area contributed by atoms with E-state index >= 15 is 0 Å². The number of fused-ring (bicyclic) bond motifs is 1. The Morgan fingerprint density at radius 3 is 2.83 bits per heavy atom. The van der Waals surface area contributed by atoms with E-state index in [1.807, 2.05) is 19.1 Å². The summed E-state index contributed by atoms with van der Waals surface area (Å²) in [6.07, 6.45) is 0.377. The molecule has 0 unspecified atom stereocenters. The first-order valence-electron chi connectivity index (χ1n) is 7.12. The van der Waals surface area contributed by atoms with Crippen LogP contribution >= 0.6 is 11.3 Å². The van der Waals surface area contributed by atoms with E-state index in [4.69, 9.17) is 5.11 Å². The van der Waals surface area contributed by atoms with Gasteiger partial charge in [0.2, 0.25) is 0 Å². The highest BCUT2D eigenvalue weighted by molar-refractivity contribution is 7.21. The zero-order valence-electron chi connectivity index (χ0n) is 12.4. The van der Waals surface area contributed by atoms with Crippen molar-refractivity contribution >= 4 is 27.4 Å². The lowest BCUT2D eigenvalue weighted by atomic mass is 10.2. The number of pyridine rings is 1. The zero-order valence-corrected chi connectivity index (χ0v) is 13.3. The normalized spacial score (nSPS) is 10.8. The van der Waals surface area contributed by atoms with Crippen LogP contribution in [0.2, 0.25) is 0 Å². The van der Waals surface area contributed by atoms with Crippen molar-refractivity contribution in [2.45, 2.75) is 19.8 Å². The fourth-order valence-electron chi connectivity index (χ4n) is 2.25. The minimum atomic E-state index is -0.860. The Balaban J connectivity index is 2.04. The Bertz CT molecular complexity index is 950. The fraction of sp³-hybridized carbons (Fsp3) is 0.176. The van der Waals surface area contributed by atoms with Gasteiger partial charge in [-0.2, -0.15) is 4.98 Å². The second-order valence-corrected chi connectivity index (χ2v) is 6.26. The van der Waals surface area contributed by atoms with Gasteiger partial charge < -0.3 is 5.11 Å². The van der Waals surface area contributed by atoms with Crippen LogP contribution in [-0.4, -0.2) is 21.0 Å². The molecule has 0 bridgehead atoms. The second kappa shape index (κ2) is 6.26. The lowest BCUT2D eigenvalue weighted by Gasteiger charge is -2.04. The van der Waals surface area contributed by atoms with Crippen molar-refractivity contribution in [3.8, 4) is 10.7 Å². The zero-order chi connectivity index (χ0) is 16.4. The summed E-state index contributed by atoms with van der Waals surface area (Å²) in [5, 5.41) is 9.91. The molecular weight excluding hydrogens is 312 g/mol. The van der Waals surface area contributed by atoms with E-state index in [-0.39, 0.29) is 12.0 Å². The molecule has 0 fully saturated rings. The van der Waals surface area contributed by atoms with Crippen LogP contribution < -0.4 is 5.56 Å². The van der Waals surface area contributed by atoms with E-state index in [1.54, 1.807) is 24.3 Å². The van der Waals surface area contributed by atoms with E-state index in [0.717, 1.165) is 10.3 Å². The van der Waals surface area contributed by atoms with Crippen molar-refractivity contribution in [2.75, 3.05) is 0 Å². The van der Waals surface area contributed by atoms with Crippen LogP contribution in [0.25, 0.3) is 20.8 Å². The van der Waals surface area contributed by atoms with Gasteiger partial charge in [-0.3, -0.25) is 14.6 Å². The van der Waals surface area contributed by atoms with E-state index in [2.05, 4.69) is 9.97 Å². The van der Waals surface area contributed by atoms with Crippen LogP contribution in [0.15, 0.2) is 41.2 Å². The van der Waals surface area contributed by atoms with Gasteiger partial charge in [0.05, 0.1) is 17.5 Å². The van der Waals surface area contributed by atoms with Crippen LogP contribution in [0, 0.1) is 6.92 Å². The smallest absolute Gasteiger partial charge is 0.303 e. The summed E-state index contributed by atoms with van der Waals surface area (Å²) in [5.74, 6) is -0.860. The van der Waals surface area contributed by atoms with Crippen LogP contribution in [0.4, 0.5) is 0 Å². The number of aromatic nitrogens is 2. The molecule has 116 valence electrons. The third-order valence-corrected chi connectivity index (χ3v) is 4.45. The predicted octanol–water partition coefficient (Wildman–Crippen LogP) is 3.04. The van der Waals surface area contributed by atoms with Crippen molar-refractivity contribution in [2.24, 2.45) is 0 Å². The molecule has 2 heterocycles. The number of hydrogen-bond acceptors (Lipinski definition) is 5. The SMILES string of the molecule is Cc1ccc2c(=O)nc(-c3cccc(CCC(=O)O)n3)sc2c1. The number of aryl methyl sites for hydroxylation is 2. The van der Waals surface area contributed by atoms with E-state index in [0.29, 0.717) is 28.2 Å². The molecule has 0 saturated carbocycles. The Hall–Kier alpha value is -2.60. The minimum Gasteiger partial charge on any atom is -0.481 e. The maximum Gasteiger partial charge on any atom is 0.303 e. The molecule has 3 aromatic rings. The Kier molecular flexibility index (Phi) is 4.16. The number of carboxylic acids is 1. The summed E-state index contributed by atoms with van der Waals surface area (Å²) in [4.78, 5) is 31.4. The van der Waals surface area contributed by atoms with Gasteiger partial charge in [0, 0.05) is 16.8 Å². The number of benzene rings is 1. The molecule has 23 heavy (non-hydrogen) atoms. The van der Waals surface area contributed by atoms with Crippen molar-refractivity contribution in [3.63, 3.8) is 0 Å². The van der Waals surface area contributed by atoms with Gasteiger partial charge >= 0.3 is 5.97 Å². The molecule has 1 aromatic carbocycles. The van der Waals surface area contributed by atoms with Gasteiger partial charge in [0.25, 0.3) is 5.56 Å². The van der Waals surface area contributed by atoms with E-state index < -0.39 is 5.97 Å². The molecule has 1 N–H and O–H groups in total. The molecule has 5 nitrogen and oxygen atoms in total. The van der Waals surface area contributed by atoms with Crippen LogP contribution in [0.1, 0.15) is 17.7 Å². The number of carbonyl (C=O) groups is 1. The summed E-state index contributed by atoms with van der Waals surface area (Å²) in [6, 6.07) is 11.0. The molecule has 0 radical (unpaired) electrons. The van der Waals surface area contributed by atoms with Crippen molar-refractivity contribution in [1.82, 2.24) is 9.97 Å². The lowest BCUT2D eigenvalue weighted by molar-refractivity contribution is -0.136.